The van der Waals surface area contributed by atoms with Gasteiger partial charge < -0.3 is 19.5 Å². The zero-order valence-electron chi connectivity index (χ0n) is 13.4. The summed E-state index contributed by atoms with van der Waals surface area (Å²) in [5.74, 6) is 2.43. The second kappa shape index (κ2) is 8.29. The van der Waals surface area contributed by atoms with Gasteiger partial charge in [-0.1, -0.05) is 18.2 Å². The van der Waals surface area contributed by atoms with Crippen LogP contribution in [0.3, 0.4) is 0 Å². The molecule has 0 fully saturated rings. The molecule has 0 heterocycles. The molecule has 0 aliphatic carbocycles. The summed E-state index contributed by atoms with van der Waals surface area (Å²) in [5.41, 5.74) is 2.38. The second-order valence-corrected chi connectivity index (χ2v) is 4.87. The van der Waals surface area contributed by atoms with Gasteiger partial charge in [0.05, 0.1) is 20.8 Å². The first-order chi connectivity index (χ1) is 10.8. The molecule has 0 aromatic heterocycles. The Morgan fingerprint density at radius 2 is 1.50 bits per heavy atom. The molecule has 0 atom stereocenters. The highest BCUT2D eigenvalue weighted by Gasteiger charge is 2.05. The summed E-state index contributed by atoms with van der Waals surface area (Å²) in [6.07, 6.45) is 0. The van der Waals surface area contributed by atoms with Crippen molar-refractivity contribution in [2.75, 3.05) is 20.8 Å². The number of benzene rings is 2. The molecule has 1 N–H and O–H groups in total. The average Bonchev–Trinajstić information content (AvgIpc) is 2.57. The monoisotopic (exact) mass is 301 g/mol. The van der Waals surface area contributed by atoms with Crippen LogP contribution in [0.15, 0.2) is 42.5 Å². The molecule has 2 rings (SSSR count). The first-order valence-electron chi connectivity index (χ1n) is 7.40. The van der Waals surface area contributed by atoms with Crippen molar-refractivity contribution in [3.05, 3.63) is 53.6 Å². The van der Waals surface area contributed by atoms with Crippen LogP contribution in [0.1, 0.15) is 18.1 Å². The zero-order chi connectivity index (χ0) is 15.8. The Bertz CT molecular complexity index is 581. The number of ether oxygens (including phenoxy) is 3. The van der Waals surface area contributed by atoms with Crippen molar-refractivity contribution in [1.82, 2.24) is 5.32 Å². The van der Waals surface area contributed by atoms with Gasteiger partial charge in [-0.05, 0) is 42.3 Å². The molecular formula is C18H23NO3. The molecule has 0 saturated heterocycles. The van der Waals surface area contributed by atoms with Gasteiger partial charge in [0, 0.05) is 13.1 Å². The minimum atomic E-state index is 0.630. The van der Waals surface area contributed by atoms with Crippen LogP contribution in [-0.2, 0) is 13.1 Å². The Morgan fingerprint density at radius 3 is 2.14 bits per heavy atom. The average molecular weight is 301 g/mol. The standard InChI is InChI=1S/C18H23NO3/c1-4-22-17-10-7-15(11-18(17)21-3)13-19-12-14-5-8-16(20-2)9-6-14/h5-11,19H,4,12-13H2,1-3H3. The van der Waals surface area contributed by atoms with E-state index in [1.165, 1.54) is 5.56 Å². The SMILES string of the molecule is CCOc1ccc(CNCc2ccc(OC)cc2)cc1OC. The van der Waals surface area contributed by atoms with Crippen molar-refractivity contribution >= 4 is 0 Å². The minimum absolute atomic E-state index is 0.630. The van der Waals surface area contributed by atoms with E-state index in [1.54, 1.807) is 14.2 Å². The van der Waals surface area contributed by atoms with Crippen LogP contribution in [0.5, 0.6) is 17.2 Å². The molecular weight excluding hydrogens is 278 g/mol. The van der Waals surface area contributed by atoms with Crippen LogP contribution in [0, 0.1) is 0 Å². The lowest BCUT2D eigenvalue weighted by atomic mass is 10.2. The van der Waals surface area contributed by atoms with Gasteiger partial charge in [-0.15, -0.1) is 0 Å². The maximum Gasteiger partial charge on any atom is 0.161 e. The maximum atomic E-state index is 5.52. The number of hydrogen-bond donors (Lipinski definition) is 1. The molecule has 0 aliphatic rings. The molecule has 4 nitrogen and oxygen atoms in total. The van der Waals surface area contributed by atoms with E-state index < -0.39 is 0 Å². The van der Waals surface area contributed by atoms with E-state index in [1.807, 2.05) is 31.2 Å². The molecule has 0 spiro atoms. The highest BCUT2D eigenvalue weighted by Crippen LogP contribution is 2.28. The fourth-order valence-electron chi connectivity index (χ4n) is 2.19. The van der Waals surface area contributed by atoms with Crippen LogP contribution in [-0.4, -0.2) is 20.8 Å². The third-order valence-corrected chi connectivity index (χ3v) is 3.35. The fraction of sp³-hybridized carbons (Fsp3) is 0.333. The Labute approximate surface area is 132 Å². The highest BCUT2D eigenvalue weighted by molar-refractivity contribution is 5.43. The van der Waals surface area contributed by atoms with E-state index in [0.29, 0.717) is 6.61 Å². The van der Waals surface area contributed by atoms with E-state index in [-0.39, 0.29) is 0 Å². The summed E-state index contributed by atoms with van der Waals surface area (Å²) >= 11 is 0. The summed E-state index contributed by atoms with van der Waals surface area (Å²) < 4.78 is 16.0. The molecule has 118 valence electrons. The first-order valence-corrected chi connectivity index (χ1v) is 7.40. The number of hydrogen-bond acceptors (Lipinski definition) is 4. The lowest BCUT2D eigenvalue weighted by Crippen LogP contribution is -2.12. The summed E-state index contributed by atoms with van der Waals surface area (Å²) in [6, 6.07) is 14.1. The Balaban J connectivity index is 1.90. The van der Waals surface area contributed by atoms with Gasteiger partial charge in [-0.25, -0.2) is 0 Å². The summed E-state index contributed by atoms with van der Waals surface area (Å²) in [7, 11) is 3.33. The van der Waals surface area contributed by atoms with Crippen LogP contribution in [0.4, 0.5) is 0 Å². The van der Waals surface area contributed by atoms with Crippen molar-refractivity contribution in [1.29, 1.82) is 0 Å². The Morgan fingerprint density at radius 1 is 0.818 bits per heavy atom. The topological polar surface area (TPSA) is 39.7 Å². The van der Waals surface area contributed by atoms with Gasteiger partial charge in [0.2, 0.25) is 0 Å². The highest BCUT2D eigenvalue weighted by atomic mass is 16.5. The number of methoxy groups -OCH3 is 2. The van der Waals surface area contributed by atoms with Crippen LogP contribution in [0.2, 0.25) is 0 Å². The van der Waals surface area contributed by atoms with E-state index in [4.69, 9.17) is 14.2 Å². The molecule has 0 saturated carbocycles. The fourth-order valence-corrected chi connectivity index (χ4v) is 2.19. The summed E-state index contributed by atoms with van der Waals surface area (Å²) in [5, 5.41) is 3.42. The summed E-state index contributed by atoms with van der Waals surface area (Å²) in [4.78, 5) is 0. The van der Waals surface area contributed by atoms with Crippen molar-refractivity contribution in [2.45, 2.75) is 20.0 Å². The molecule has 22 heavy (non-hydrogen) atoms. The lowest BCUT2D eigenvalue weighted by Gasteiger charge is -2.11. The van der Waals surface area contributed by atoms with E-state index >= 15 is 0 Å². The van der Waals surface area contributed by atoms with Crippen molar-refractivity contribution in [2.24, 2.45) is 0 Å². The predicted molar refractivity (Wildman–Crippen MR) is 87.7 cm³/mol. The largest absolute Gasteiger partial charge is 0.497 e. The van der Waals surface area contributed by atoms with Gasteiger partial charge in [-0.2, -0.15) is 0 Å². The molecule has 0 radical (unpaired) electrons. The summed E-state index contributed by atoms with van der Waals surface area (Å²) in [6.45, 7) is 4.17. The molecule has 0 amide bonds. The Hall–Kier alpha value is -2.20. The van der Waals surface area contributed by atoms with Crippen molar-refractivity contribution in [3.8, 4) is 17.2 Å². The van der Waals surface area contributed by atoms with Crippen molar-refractivity contribution in [3.63, 3.8) is 0 Å². The lowest BCUT2D eigenvalue weighted by molar-refractivity contribution is 0.310. The van der Waals surface area contributed by atoms with Crippen LogP contribution < -0.4 is 19.5 Å². The van der Waals surface area contributed by atoms with E-state index in [0.717, 1.165) is 35.9 Å². The van der Waals surface area contributed by atoms with E-state index in [2.05, 4.69) is 23.5 Å². The third-order valence-electron chi connectivity index (χ3n) is 3.35. The van der Waals surface area contributed by atoms with Crippen molar-refractivity contribution < 1.29 is 14.2 Å². The van der Waals surface area contributed by atoms with Gasteiger partial charge in [0.15, 0.2) is 11.5 Å². The number of nitrogens with one attached hydrogen (secondary N) is 1. The number of rotatable bonds is 8. The Kier molecular flexibility index (Phi) is 6.10. The second-order valence-electron chi connectivity index (χ2n) is 4.87. The molecule has 0 aliphatic heterocycles. The van der Waals surface area contributed by atoms with Crippen LogP contribution >= 0.6 is 0 Å². The molecule has 2 aromatic rings. The quantitative estimate of drug-likeness (QED) is 0.811. The van der Waals surface area contributed by atoms with Gasteiger partial charge in [0.1, 0.15) is 5.75 Å². The molecule has 0 unspecified atom stereocenters. The normalized spacial score (nSPS) is 10.3. The molecule has 0 bridgehead atoms. The minimum Gasteiger partial charge on any atom is -0.497 e. The van der Waals surface area contributed by atoms with E-state index in [9.17, 15) is 0 Å². The van der Waals surface area contributed by atoms with Gasteiger partial charge in [-0.3, -0.25) is 0 Å². The van der Waals surface area contributed by atoms with Gasteiger partial charge >= 0.3 is 0 Å². The predicted octanol–water partition coefficient (Wildman–Crippen LogP) is 3.39. The first kappa shape index (κ1) is 16.2. The van der Waals surface area contributed by atoms with Gasteiger partial charge in [0.25, 0.3) is 0 Å². The molecule has 2 aromatic carbocycles. The van der Waals surface area contributed by atoms with Crippen LogP contribution in [0.25, 0.3) is 0 Å². The molecule has 4 heteroatoms. The zero-order valence-corrected chi connectivity index (χ0v) is 13.4. The smallest absolute Gasteiger partial charge is 0.161 e. The third kappa shape index (κ3) is 4.40. The maximum absolute atomic E-state index is 5.52.